The summed E-state index contributed by atoms with van der Waals surface area (Å²) >= 11 is 0. The Morgan fingerprint density at radius 1 is 1.30 bits per heavy atom. The van der Waals surface area contributed by atoms with E-state index in [0.29, 0.717) is 17.7 Å². The van der Waals surface area contributed by atoms with Crippen LogP contribution >= 0.6 is 0 Å². The third-order valence-electron chi connectivity index (χ3n) is 3.39. The van der Waals surface area contributed by atoms with Crippen molar-refractivity contribution in [1.82, 2.24) is 10.2 Å². The number of carbonyl (C=O) groups excluding carboxylic acids is 1. The van der Waals surface area contributed by atoms with E-state index < -0.39 is 0 Å². The number of nitrogens with zero attached hydrogens (tertiary/aromatic N) is 1. The Morgan fingerprint density at radius 3 is 2.80 bits per heavy atom. The Bertz CT molecular complexity index is 511. The highest BCUT2D eigenvalue weighted by Crippen LogP contribution is 2.08. The van der Waals surface area contributed by atoms with E-state index in [1.807, 2.05) is 12.1 Å². The molecule has 0 atom stereocenters. The molecule has 1 aliphatic rings. The molecule has 0 aliphatic carbocycles. The van der Waals surface area contributed by atoms with E-state index in [4.69, 9.17) is 5.11 Å². The Balaban J connectivity index is 1.91. The highest BCUT2D eigenvalue weighted by Gasteiger charge is 2.12. The summed E-state index contributed by atoms with van der Waals surface area (Å²) in [6.45, 7) is 3.62. The summed E-state index contributed by atoms with van der Waals surface area (Å²) in [7, 11) is 0. The summed E-state index contributed by atoms with van der Waals surface area (Å²) in [4.78, 5) is 14.5. The van der Waals surface area contributed by atoms with Crippen molar-refractivity contribution in [2.75, 3.05) is 32.8 Å². The summed E-state index contributed by atoms with van der Waals surface area (Å²) in [6.07, 6.45) is 2.51. The van der Waals surface area contributed by atoms with Crippen LogP contribution in [0, 0.1) is 11.8 Å². The van der Waals surface area contributed by atoms with Gasteiger partial charge >= 0.3 is 0 Å². The second-order valence-corrected chi connectivity index (χ2v) is 4.81. The molecule has 106 valence electrons. The van der Waals surface area contributed by atoms with Crippen molar-refractivity contribution in [2.45, 2.75) is 12.8 Å². The van der Waals surface area contributed by atoms with Crippen LogP contribution < -0.4 is 5.32 Å². The number of likely N-dealkylation sites (tertiary alicyclic amines) is 1. The first kappa shape index (κ1) is 14.6. The van der Waals surface area contributed by atoms with Gasteiger partial charge in [-0.25, -0.2) is 0 Å². The molecule has 1 fully saturated rings. The molecule has 1 amide bonds. The highest BCUT2D eigenvalue weighted by atomic mass is 16.2. The molecule has 1 aromatic carbocycles. The lowest BCUT2D eigenvalue weighted by atomic mass is 10.1. The van der Waals surface area contributed by atoms with Gasteiger partial charge in [0.25, 0.3) is 5.91 Å². The molecule has 0 unspecified atom stereocenters. The number of amides is 1. The van der Waals surface area contributed by atoms with Crippen LogP contribution in [0.4, 0.5) is 0 Å². The van der Waals surface area contributed by atoms with E-state index in [1.165, 1.54) is 12.8 Å². The number of aliphatic hydroxyl groups excluding tert-OH is 1. The predicted molar refractivity (Wildman–Crippen MR) is 78.4 cm³/mol. The third-order valence-corrected chi connectivity index (χ3v) is 3.39. The molecule has 2 rings (SSSR count). The Kier molecular flexibility index (Phi) is 5.60. The van der Waals surface area contributed by atoms with Crippen LogP contribution in [-0.4, -0.2) is 48.7 Å². The maximum Gasteiger partial charge on any atom is 0.252 e. The van der Waals surface area contributed by atoms with Gasteiger partial charge in [-0.3, -0.25) is 4.79 Å². The molecular formula is C16H20N2O2. The summed E-state index contributed by atoms with van der Waals surface area (Å²) in [5.74, 6) is 5.28. The van der Waals surface area contributed by atoms with E-state index >= 15 is 0 Å². The molecule has 1 aromatic rings. The Labute approximate surface area is 119 Å². The van der Waals surface area contributed by atoms with Crippen LogP contribution in [0.25, 0.3) is 0 Å². The number of hydrogen-bond donors (Lipinski definition) is 2. The molecule has 20 heavy (non-hydrogen) atoms. The SMILES string of the molecule is O=C(NCCN1CCCC1)c1ccccc1C#CCO. The second-order valence-electron chi connectivity index (χ2n) is 4.81. The minimum absolute atomic E-state index is 0.105. The fourth-order valence-electron chi connectivity index (χ4n) is 2.35. The molecule has 0 saturated carbocycles. The lowest BCUT2D eigenvalue weighted by Crippen LogP contribution is -2.33. The Hall–Kier alpha value is -1.83. The van der Waals surface area contributed by atoms with Crippen LogP contribution in [0.1, 0.15) is 28.8 Å². The normalized spacial score (nSPS) is 14.7. The molecule has 1 saturated heterocycles. The van der Waals surface area contributed by atoms with Crippen molar-refractivity contribution in [1.29, 1.82) is 0 Å². The summed E-state index contributed by atoms with van der Waals surface area (Å²) in [5, 5.41) is 11.7. The predicted octanol–water partition coefficient (Wildman–Crippen LogP) is 0.856. The largest absolute Gasteiger partial charge is 0.384 e. The van der Waals surface area contributed by atoms with Gasteiger partial charge in [-0.1, -0.05) is 24.0 Å². The first-order chi connectivity index (χ1) is 9.81. The zero-order valence-corrected chi connectivity index (χ0v) is 11.6. The second kappa shape index (κ2) is 7.68. The summed E-state index contributed by atoms with van der Waals surface area (Å²) < 4.78 is 0. The highest BCUT2D eigenvalue weighted by molar-refractivity contribution is 5.96. The van der Waals surface area contributed by atoms with Gasteiger partial charge in [0.05, 0.1) is 5.56 Å². The van der Waals surface area contributed by atoms with E-state index in [1.54, 1.807) is 12.1 Å². The van der Waals surface area contributed by atoms with E-state index in [-0.39, 0.29) is 12.5 Å². The van der Waals surface area contributed by atoms with Crippen molar-refractivity contribution >= 4 is 5.91 Å². The van der Waals surface area contributed by atoms with Gasteiger partial charge in [-0.15, -0.1) is 0 Å². The quantitative estimate of drug-likeness (QED) is 0.799. The fraction of sp³-hybridized carbons (Fsp3) is 0.438. The zero-order chi connectivity index (χ0) is 14.2. The van der Waals surface area contributed by atoms with Gasteiger partial charge in [0, 0.05) is 18.7 Å². The molecule has 1 aliphatic heterocycles. The van der Waals surface area contributed by atoms with Crippen LogP contribution in [0.5, 0.6) is 0 Å². The topological polar surface area (TPSA) is 52.6 Å². The number of aliphatic hydroxyl groups is 1. The number of nitrogens with one attached hydrogen (secondary N) is 1. The lowest BCUT2D eigenvalue weighted by molar-refractivity contribution is 0.0949. The maximum atomic E-state index is 12.1. The lowest BCUT2D eigenvalue weighted by Gasteiger charge is -2.15. The number of benzene rings is 1. The van der Waals surface area contributed by atoms with E-state index in [9.17, 15) is 4.79 Å². The van der Waals surface area contributed by atoms with Crippen molar-refractivity contribution in [3.05, 3.63) is 35.4 Å². The monoisotopic (exact) mass is 272 g/mol. The first-order valence-corrected chi connectivity index (χ1v) is 7.00. The molecule has 0 aromatic heterocycles. The first-order valence-electron chi connectivity index (χ1n) is 7.00. The van der Waals surface area contributed by atoms with Crippen LogP contribution in [-0.2, 0) is 0 Å². The van der Waals surface area contributed by atoms with Gasteiger partial charge in [0.2, 0.25) is 0 Å². The smallest absolute Gasteiger partial charge is 0.252 e. The maximum absolute atomic E-state index is 12.1. The average Bonchev–Trinajstić information content (AvgIpc) is 2.98. The summed E-state index contributed by atoms with van der Waals surface area (Å²) in [5.41, 5.74) is 1.22. The average molecular weight is 272 g/mol. The van der Waals surface area contributed by atoms with Crippen molar-refractivity contribution < 1.29 is 9.90 Å². The number of rotatable bonds is 4. The van der Waals surface area contributed by atoms with E-state index in [0.717, 1.165) is 19.6 Å². The molecule has 2 N–H and O–H groups in total. The zero-order valence-electron chi connectivity index (χ0n) is 11.6. The van der Waals surface area contributed by atoms with E-state index in [2.05, 4.69) is 22.1 Å². The minimum atomic E-state index is -0.203. The van der Waals surface area contributed by atoms with Crippen LogP contribution in [0.2, 0.25) is 0 Å². The Morgan fingerprint density at radius 2 is 2.05 bits per heavy atom. The number of carbonyl (C=O) groups is 1. The molecule has 4 heteroatoms. The van der Waals surface area contributed by atoms with Gasteiger partial charge in [-0.05, 0) is 38.1 Å². The summed E-state index contributed by atoms with van der Waals surface area (Å²) in [6, 6.07) is 7.20. The van der Waals surface area contributed by atoms with Crippen molar-refractivity contribution in [2.24, 2.45) is 0 Å². The minimum Gasteiger partial charge on any atom is -0.384 e. The molecule has 0 bridgehead atoms. The standard InChI is InChI=1S/C16H20N2O2/c19-13-5-7-14-6-1-2-8-15(14)16(20)17-9-12-18-10-3-4-11-18/h1-2,6,8,19H,3-4,9-13H2,(H,17,20). The van der Waals surface area contributed by atoms with Crippen LogP contribution in [0.3, 0.4) is 0 Å². The fourth-order valence-corrected chi connectivity index (χ4v) is 2.35. The van der Waals surface area contributed by atoms with Crippen molar-refractivity contribution in [3.8, 4) is 11.8 Å². The van der Waals surface area contributed by atoms with Gasteiger partial charge < -0.3 is 15.3 Å². The van der Waals surface area contributed by atoms with Crippen molar-refractivity contribution in [3.63, 3.8) is 0 Å². The molecular weight excluding hydrogens is 252 g/mol. The molecule has 4 nitrogen and oxygen atoms in total. The van der Waals surface area contributed by atoms with Gasteiger partial charge in [0.1, 0.15) is 6.61 Å². The van der Waals surface area contributed by atoms with Gasteiger partial charge in [0.15, 0.2) is 0 Å². The molecule has 0 radical (unpaired) electrons. The molecule has 1 heterocycles. The molecule has 0 spiro atoms. The van der Waals surface area contributed by atoms with Gasteiger partial charge in [-0.2, -0.15) is 0 Å². The third kappa shape index (κ3) is 4.09. The number of hydrogen-bond acceptors (Lipinski definition) is 3. The van der Waals surface area contributed by atoms with Crippen LogP contribution in [0.15, 0.2) is 24.3 Å².